The van der Waals surface area contributed by atoms with Gasteiger partial charge in [-0.25, -0.2) is 4.79 Å². The molecule has 18 heavy (non-hydrogen) atoms. The molecule has 0 N–H and O–H groups in total. The molecular weight excluding hydrogens is 230 g/mol. The van der Waals surface area contributed by atoms with Gasteiger partial charge in [0.1, 0.15) is 17.4 Å². The van der Waals surface area contributed by atoms with E-state index in [1.165, 1.54) is 4.90 Å². The monoisotopic (exact) mass is 257 g/mol. The minimum Gasteiger partial charge on any atom is -0.444 e. The predicted molar refractivity (Wildman–Crippen MR) is 72.5 cm³/mol. The minimum absolute atomic E-state index is 0.132. The molecule has 0 saturated heterocycles. The second kappa shape index (κ2) is 6.21. The maximum Gasteiger partial charge on any atom is 0.410 e. The van der Waals surface area contributed by atoms with Crippen LogP contribution >= 0.6 is 0 Å². The minimum atomic E-state index is -0.814. The van der Waals surface area contributed by atoms with E-state index in [1.54, 1.807) is 14.0 Å². The maximum atomic E-state index is 12.0. The molecule has 0 heterocycles. The van der Waals surface area contributed by atoms with Crippen molar-refractivity contribution in [2.75, 3.05) is 7.05 Å². The molecule has 4 heteroatoms. The highest BCUT2D eigenvalue weighted by Crippen LogP contribution is 2.28. The molecule has 4 nitrogen and oxygen atoms in total. The zero-order valence-corrected chi connectivity index (χ0v) is 12.7. The van der Waals surface area contributed by atoms with E-state index in [-0.39, 0.29) is 5.92 Å². The Balaban J connectivity index is 5.06. The van der Waals surface area contributed by atoms with E-state index in [1.807, 2.05) is 34.6 Å². The van der Waals surface area contributed by atoms with E-state index in [9.17, 15) is 9.59 Å². The highest BCUT2D eigenvalue weighted by molar-refractivity contribution is 5.76. The molecule has 0 radical (unpaired) electrons. The van der Waals surface area contributed by atoms with Gasteiger partial charge in [-0.3, -0.25) is 4.90 Å². The van der Waals surface area contributed by atoms with Crippen LogP contribution in [0.3, 0.4) is 0 Å². The van der Waals surface area contributed by atoms with Crippen molar-refractivity contribution in [3.05, 3.63) is 0 Å². The normalized spacial score (nSPS) is 15.1. The number of rotatable bonds is 5. The first-order valence-corrected chi connectivity index (χ1v) is 6.55. The van der Waals surface area contributed by atoms with Crippen LogP contribution in [0.1, 0.15) is 54.4 Å². The SMILES string of the molecule is CCC(CC)C(C)(C=O)N(C)C(=O)OC(C)(C)C. The summed E-state index contributed by atoms with van der Waals surface area (Å²) < 4.78 is 5.31. The average Bonchev–Trinajstić information content (AvgIpc) is 2.26. The second-order valence-electron chi connectivity index (χ2n) is 5.90. The highest BCUT2D eigenvalue weighted by Gasteiger charge is 2.40. The van der Waals surface area contributed by atoms with Gasteiger partial charge in [0.05, 0.1) is 0 Å². The van der Waals surface area contributed by atoms with Crippen molar-refractivity contribution in [2.24, 2.45) is 5.92 Å². The summed E-state index contributed by atoms with van der Waals surface area (Å²) in [4.78, 5) is 24.9. The molecule has 1 unspecified atom stereocenters. The number of likely N-dealkylation sites (N-methyl/N-ethyl adjacent to an activating group) is 1. The third-order valence-corrected chi connectivity index (χ3v) is 3.44. The van der Waals surface area contributed by atoms with Gasteiger partial charge in [0, 0.05) is 7.05 Å². The molecule has 1 amide bonds. The first kappa shape index (κ1) is 16.9. The van der Waals surface area contributed by atoms with Crippen molar-refractivity contribution in [3.8, 4) is 0 Å². The van der Waals surface area contributed by atoms with E-state index in [2.05, 4.69) is 0 Å². The average molecular weight is 257 g/mol. The van der Waals surface area contributed by atoms with Crippen LogP contribution in [-0.2, 0) is 9.53 Å². The first-order chi connectivity index (χ1) is 8.12. The molecule has 0 rings (SSSR count). The molecule has 0 aromatic carbocycles. The quantitative estimate of drug-likeness (QED) is 0.710. The van der Waals surface area contributed by atoms with E-state index in [0.29, 0.717) is 0 Å². The Kier molecular flexibility index (Phi) is 5.84. The van der Waals surface area contributed by atoms with Crippen LogP contribution in [0, 0.1) is 5.92 Å². The Labute approximate surface area is 111 Å². The van der Waals surface area contributed by atoms with Crippen LogP contribution in [0.25, 0.3) is 0 Å². The lowest BCUT2D eigenvalue weighted by Crippen LogP contribution is -2.54. The summed E-state index contributed by atoms with van der Waals surface area (Å²) in [7, 11) is 1.63. The van der Waals surface area contributed by atoms with Gasteiger partial charge in [-0.15, -0.1) is 0 Å². The number of nitrogens with zero attached hydrogens (tertiary/aromatic N) is 1. The smallest absolute Gasteiger partial charge is 0.410 e. The molecular formula is C14H27NO3. The van der Waals surface area contributed by atoms with Crippen molar-refractivity contribution < 1.29 is 14.3 Å². The van der Waals surface area contributed by atoms with Crippen LogP contribution in [0.4, 0.5) is 4.79 Å². The zero-order chi connectivity index (χ0) is 14.6. The number of hydrogen-bond acceptors (Lipinski definition) is 3. The van der Waals surface area contributed by atoms with Crippen molar-refractivity contribution >= 4 is 12.4 Å². The largest absolute Gasteiger partial charge is 0.444 e. The van der Waals surface area contributed by atoms with E-state index in [4.69, 9.17) is 4.74 Å². The summed E-state index contributed by atoms with van der Waals surface area (Å²) in [5, 5.41) is 0. The summed E-state index contributed by atoms with van der Waals surface area (Å²) in [6.45, 7) is 11.3. The number of aldehydes is 1. The molecule has 1 atom stereocenters. The van der Waals surface area contributed by atoms with Gasteiger partial charge in [-0.05, 0) is 33.6 Å². The molecule has 0 aliphatic carbocycles. The van der Waals surface area contributed by atoms with Crippen LogP contribution in [0.15, 0.2) is 0 Å². The van der Waals surface area contributed by atoms with Crippen LogP contribution in [-0.4, -0.2) is 35.5 Å². The lowest BCUT2D eigenvalue weighted by molar-refractivity contribution is -0.120. The van der Waals surface area contributed by atoms with Gasteiger partial charge in [-0.2, -0.15) is 0 Å². The molecule has 0 aromatic heterocycles. The maximum absolute atomic E-state index is 12.0. The van der Waals surface area contributed by atoms with Crippen molar-refractivity contribution in [2.45, 2.75) is 65.5 Å². The third-order valence-electron chi connectivity index (χ3n) is 3.44. The Morgan fingerprint density at radius 3 is 1.94 bits per heavy atom. The topological polar surface area (TPSA) is 46.6 Å². The van der Waals surface area contributed by atoms with Gasteiger partial charge in [0.25, 0.3) is 0 Å². The molecule has 0 aromatic rings. The molecule has 0 bridgehead atoms. The second-order valence-corrected chi connectivity index (χ2v) is 5.90. The van der Waals surface area contributed by atoms with Gasteiger partial charge in [-0.1, -0.05) is 26.7 Å². The molecule has 0 saturated carbocycles. The summed E-state index contributed by atoms with van der Waals surface area (Å²) in [5.41, 5.74) is -1.37. The number of ether oxygens (including phenoxy) is 1. The Morgan fingerprint density at radius 2 is 1.67 bits per heavy atom. The third kappa shape index (κ3) is 4.00. The number of hydrogen-bond donors (Lipinski definition) is 0. The number of carbonyl (C=O) groups is 2. The fraction of sp³-hybridized carbons (Fsp3) is 0.857. The molecule has 0 fully saturated rings. The van der Waals surface area contributed by atoms with Gasteiger partial charge in [0.15, 0.2) is 0 Å². The van der Waals surface area contributed by atoms with E-state index < -0.39 is 17.2 Å². The summed E-state index contributed by atoms with van der Waals surface area (Å²) in [6, 6.07) is 0. The Bertz CT molecular complexity index is 292. The van der Waals surface area contributed by atoms with E-state index in [0.717, 1.165) is 19.1 Å². The first-order valence-electron chi connectivity index (χ1n) is 6.55. The summed E-state index contributed by atoms with van der Waals surface area (Å²) >= 11 is 0. The number of carbonyl (C=O) groups excluding carboxylic acids is 2. The molecule has 0 aliphatic heterocycles. The summed E-state index contributed by atoms with van der Waals surface area (Å²) in [5.74, 6) is 0.132. The predicted octanol–water partition coefficient (Wildman–Crippen LogP) is 3.25. The Hall–Kier alpha value is -1.06. The lowest BCUT2D eigenvalue weighted by atomic mass is 9.82. The fourth-order valence-electron chi connectivity index (χ4n) is 2.09. The standard InChI is InChI=1S/C14H27NO3/c1-8-11(9-2)14(6,10-16)15(7)12(17)18-13(3,4)5/h10-11H,8-9H2,1-7H3. The van der Waals surface area contributed by atoms with Crippen LogP contribution in [0.5, 0.6) is 0 Å². The van der Waals surface area contributed by atoms with Gasteiger partial charge in [0.2, 0.25) is 0 Å². The highest BCUT2D eigenvalue weighted by atomic mass is 16.6. The van der Waals surface area contributed by atoms with Crippen molar-refractivity contribution in [1.29, 1.82) is 0 Å². The zero-order valence-electron chi connectivity index (χ0n) is 12.7. The molecule has 0 spiro atoms. The van der Waals surface area contributed by atoms with Crippen molar-refractivity contribution in [1.82, 2.24) is 4.90 Å². The van der Waals surface area contributed by atoms with Crippen LogP contribution < -0.4 is 0 Å². The number of amides is 1. The van der Waals surface area contributed by atoms with E-state index >= 15 is 0 Å². The molecule has 0 aliphatic rings. The van der Waals surface area contributed by atoms with Crippen molar-refractivity contribution in [3.63, 3.8) is 0 Å². The summed E-state index contributed by atoms with van der Waals surface area (Å²) in [6.07, 6.45) is 2.09. The lowest BCUT2D eigenvalue weighted by Gasteiger charge is -2.40. The molecule has 106 valence electrons. The Morgan fingerprint density at radius 1 is 1.22 bits per heavy atom. The van der Waals surface area contributed by atoms with Crippen LogP contribution in [0.2, 0.25) is 0 Å². The van der Waals surface area contributed by atoms with Gasteiger partial charge < -0.3 is 9.53 Å². The van der Waals surface area contributed by atoms with Gasteiger partial charge >= 0.3 is 6.09 Å². The fourth-order valence-corrected chi connectivity index (χ4v) is 2.09.